The standard InChI is InChI=1S/C12H22N2O2/c1-9-6-7-13-8-11(4-5-12(15)16)14(9)10-2-3-10/h9-11,13H,2-8H2,1H3,(H,15,16). The Morgan fingerprint density at radius 2 is 2.19 bits per heavy atom. The molecule has 2 unspecified atom stereocenters. The fraction of sp³-hybridized carbons (Fsp3) is 0.917. The number of carboxylic acids is 1. The van der Waals surface area contributed by atoms with E-state index in [-0.39, 0.29) is 0 Å². The van der Waals surface area contributed by atoms with Crippen molar-refractivity contribution in [1.82, 2.24) is 10.2 Å². The minimum absolute atomic E-state index is 0.294. The Kier molecular flexibility index (Phi) is 3.82. The molecule has 2 aliphatic rings. The summed E-state index contributed by atoms with van der Waals surface area (Å²) < 4.78 is 0. The van der Waals surface area contributed by atoms with E-state index in [4.69, 9.17) is 5.11 Å². The zero-order chi connectivity index (χ0) is 11.5. The van der Waals surface area contributed by atoms with E-state index in [0.717, 1.165) is 25.6 Å². The molecule has 1 aliphatic carbocycles. The van der Waals surface area contributed by atoms with Gasteiger partial charge in [-0.1, -0.05) is 0 Å². The van der Waals surface area contributed by atoms with Gasteiger partial charge in [-0.2, -0.15) is 0 Å². The summed E-state index contributed by atoms with van der Waals surface area (Å²) in [7, 11) is 0. The van der Waals surface area contributed by atoms with Gasteiger partial charge in [0.05, 0.1) is 0 Å². The quantitative estimate of drug-likeness (QED) is 0.753. The molecular weight excluding hydrogens is 204 g/mol. The average molecular weight is 226 g/mol. The maximum Gasteiger partial charge on any atom is 0.303 e. The monoisotopic (exact) mass is 226 g/mol. The van der Waals surface area contributed by atoms with E-state index < -0.39 is 5.97 Å². The van der Waals surface area contributed by atoms with Gasteiger partial charge in [0.1, 0.15) is 0 Å². The third kappa shape index (κ3) is 2.95. The number of aliphatic carboxylic acids is 1. The van der Waals surface area contributed by atoms with Gasteiger partial charge in [0.15, 0.2) is 0 Å². The molecule has 4 heteroatoms. The van der Waals surface area contributed by atoms with Gasteiger partial charge in [0, 0.05) is 31.1 Å². The molecule has 1 saturated carbocycles. The molecule has 1 heterocycles. The largest absolute Gasteiger partial charge is 0.481 e. The molecule has 16 heavy (non-hydrogen) atoms. The summed E-state index contributed by atoms with van der Waals surface area (Å²) in [6.07, 6.45) is 4.85. The number of hydrogen-bond donors (Lipinski definition) is 2. The van der Waals surface area contributed by atoms with Crippen molar-refractivity contribution >= 4 is 5.97 Å². The highest BCUT2D eigenvalue weighted by molar-refractivity contribution is 5.66. The zero-order valence-corrected chi connectivity index (χ0v) is 9.98. The second-order valence-electron chi connectivity index (χ2n) is 5.11. The summed E-state index contributed by atoms with van der Waals surface area (Å²) >= 11 is 0. The molecule has 0 aromatic rings. The Bertz CT molecular complexity index is 253. The molecule has 0 aromatic heterocycles. The molecule has 0 bridgehead atoms. The number of carbonyl (C=O) groups is 1. The van der Waals surface area contributed by atoms with Crippen LogP contribution in [0.5, 0.6) is 0 Å². The third-order valence-electron chi connectivity index (χ3n) is 3.71. The lowest BCUT2D eigenvalue weighted by Crippen LogP contribution is -2.45. The van der Waals surface area contributed by atoms with Crippen LogP contribution < -0.4 is 5.32 Å². The van der Waals surface area contributed by atoms with Gasteiger partial charge in [-0.3, -0.25) is 9.69 Å². The molecule has 0 amide bonds. The number of hydrogen-bond acceptors (Lipinski definition) is 3. The fourth-order valence-electron chi connectivity index (χ4n) is 2.77. The van der Waals surface area contributed by atoms with Gasteiger partial charge < -0.3 is 10.4 Å². The van der Waals surface area contributed by atoms with Crippen molar-refractivity contribution in [2.75, 3.05) is 13.1 Å². The molecule has 2 atom stereocenters. The van der Waals surface area contributed by atoms with Crippen LogP contribution in [0.25, 0.3) is 0 Å². The lowest BCUT2D eigenvalue weighted by molar-refractivity contribution is -0.137. The van der Waals surface area contributed by atoms with E-state index in [1.54, 1.807) is 0 Å². The van der Waals surface area contributed by atoms with Gasteiger partial charge in [-0.05, 0) is 39.2 Å². The maximum absolute atomic E-state index is 10.7. The molecule has 2 N–H and O–H groups in total. The second kappa shape index (κ2) is 5.15. The zero-order valence-electron chi connectivity index (χ0n) is 9.98. The van der Waals surface area contributed by atoms with Crippen LogP contribution in [0.2, 0.25) is 0 Å². The van der Waals surface area contributed by atoms with Crippen LogP contribution in [0.1, 0.15) is 39.0 Å². The van der Waals surface area contributed by atoms with Crippen molar-refractivity contribution < 1.29 is 9.90 Å². The summed E-state index contributed by atoms with van der Waals surface area (Å²) in [5.74, 6) is -0.673. The molecule has 4 nitrogen and oxygen atoms in total. The van der Waals surface area contributed by atoms with Crippen molar-refractivity contribution in [2.24, 2.45) is 0 Å². The van der Waals surface area contributed by atoms with E-state index in [1.807, 2.05) is 0 Å². The molecular formula is C12H22N2O2. The summed E-state index contributed by atoms with van der Waals surface area (Å²) in [4.78, 5) is 13.2. The Morgan fingerprint density at radius 3 is 2.81 bits per heavy atom. The van der Waals surface area contributed by atoms with Gasteiger partial charge in [0.25, 0.3) is 0 Å². The first kappa shape index (κ1) is 11.9. The van der Waals surface area contributed by atoms with Crippen molar-refractivity contribution in [2.45, 2.75) is 57.2 Å². The average Bonchev–Trinajstić information content (AvgIpc) is 3.02. The normalized spacial score (nSPS) is 32.3. The highest BCUT2D eigenvalue weighted by atomic mass is 16.4. The van der Waals surface area contributed by atoms with Crippen LogP contribution in [-0.4, -0.2) is 47.2 Å². The van der Waals surface area contributed by atoms with Crippen LogP contribution >= 0.6 is 0 Å². The predicted molar refractivity (Wildman–Crippen MR) is 62.5 cm³/mol. The van der Waals surface area contributed by atoms with Crippen LogP contribution in [0, 0.1) is 0 Å². The molecule has 0 radical (unpaired) electrons. The van der Waals surface area contributed by atoms with E-state index >= 15 is 0 Å². The first-order valence-electron chi connectivity index (χ1n) is 6.38. The van der Waals surface area contributed by atoms with Gasteiger partial charge in [-0.15, -0.1) is 0 Å². The summed E-state index contributed by atoms with van der Waals surface area (Å²) in [6.45, 7) is 4.29. The van der Waals surface area contributed by atoms with Gasteiger partial charge >= 0.3 is 5.97 Å². The summed E-state index contributed by atoms with van der Waals surface area (Å²) in [5.41, 5.74) is 0. The number of carboxylic acid groups (broad SMARTS) is 1. The van der Waals surface area contributed by atoms with Crippen molar-refractivity contribution in [1.29, 1.82) is 0 Å². The number of rotatable bonds is 4. The highest BCUT2D eigenvalue weighted by Crippen LogP contribution is 2.33. The van der Waals surface area contributed by atoms with E-state index in [1.165, 1.54) is 19.3 Å². The first-order valence-corrected chi connectivity index (χ1v) is 6.38. The minimum Gasteiger partial charge on any atom is -0.481 e. The summed E-state index contributed by atoms with van der Waals surface area (Å²) in [5, 5.41) is 12.2. The Labute approximate surface area is 97.0 Å². The maximum atomic E-state index is 10.7. The van der Waals surface area contributed by atoms with E-state index in [2.05, 4.69) is 17.1 Å². The van der Waals surface area contributed by atoms with E-state index in [9.17, 15) is 4.79 Å². The Hall–Kier alpha value is -0.610. The van der Waals surface area contributed by atoms with Crippen LogP contribution in [0.4, 0.5) is 0 Å². The predicted octanol–water partition coefficient (Wildman–Crippen LogP) is 1.07. The molecule has 2 fully saturated rings. The lowest BCUT2D eigenvalue weighted by atomic mass is 10.1. The summed E-state index contributed by atoms with van der Waals surface area (Å²) in [6, 6.07) is 1.75. The molecule has 1 saturated heterocycles. The molecule has 2 rings (SSSR count). The van der Waals surface area contributed by atoms with Crippen LogP contribution in [0.3, 0.4) is 0 Å². The molecule has 0 spiro atoms. The first-order chi connectivity index (χ1) is 7.68. The second-order valence-corrected chi connectivity index (χ2v) is 5.11. The Balaban J connectivity index is 1.96. The smallest absolute Gasteiger partial charge is 0.303 e. The van der Waals surface area contributed by atoms with Crippen molar-refractivity contribution in [3.8, 4) is 0 Å². The molecule has 0 aromatic carbocycles. The molecule has 1 aliphatic heterocycles. The number of nitrogens with one attached hydrogen (secondary N) is 1. The van der Waals surface area contributed by atoms with Crippen molar-refractivity contribution in [3.63, 3.8) is 0 Å². The van der Waals surface area contributed by atoms with E-state index in [0.29, 0.717) is 18.5 Å². The lowest BCUT2D eigenvalue weighted by Gasteiger charge is -2.34. The minimum atomic E-state index is -0.673. The fourth-order valence-corrected chi connectivity index (χ4v) is 2.77. The molecule has 92 valence electrons. The van der Waals surface area contributed by atoms with Gasteiger partial charge in [-0.25, -0.2) is 0 Å². The van der Waals surface area contributed by atoms with Crippen molar-refractivity contribution in [3.05, 3.63) is 0 Å². The van der Waals surface area contributed by atoms with Gasteiger partial charge in [0.2, 0.25) is 0 Å². The Morgan fingerprint density at radius 1 is 1.44 bits per heavy atom. The third-order valence-corrected chi connectivity index (χ3v) is 3.71. The van der Waals surface area contributed by atoms with Crippen LogP contribution in [0.15, 0.2) is 0 Å². The number of nitrogens with zero attached hydrogens (tertiary/aromatic N) is 1. The van der Waals surface area contributed by atoms with Crippen LogP contribution in [-0.2, 0) is 4.79 Å². The topological polar surface area (TPSA) is 52.6 Å². The SMILES string of the molecule is CC1CCNCC(CCC(=O)O)N1C1CC1. The highest BCUT2D eigenvalue weighted by Gasteiger charge is 2.37.